The van der Waals surface area contributed by atoms with Crippen LogP contribution in [0.1, 0.15) is 36.3 Å². The molecule has 6 nitrogen and oxygen atoms in total. The van der Waals surface area contributed by atoms with E-state index < -0.39 is 0 Å². The average Bonchev–Trinajstić information content (AvgIpc) is 2.33. The number of hydrogen-bond donors (Lipinski definition) is 3. The van der Waals surface area contributed by atoms with Crippen LogP contribution in [0.3, 0.4) is 0 Å². The molecular formula is C13H21N3O3. The van der Waals surface area contributed by atoms with E-state index in [1.807, 2.05) is 0 Å². The summed E-state index contributed by atoms with van der Waals surface area (Å²) in [4.78, 5) is 30.1. The first kappa shape index (κ1) is 15.4. The summed E-state index contributed by atoms with van der Waals surface area (Å²) in [5, 5.41) is 11.4. The lowest BCUT2D eigenvalue weighted by molar-refractivity contribution is -0.121. The van der Waals surface area contributed by atoms with Crippen molar-refractivity contribution in [2.24, 2.45) is 0 Å². The Labute approximate surface area is 112 Å². The van der Waals surface area contributed by atoms with E-state index >= 15 is 0 Å². The number of amides is 1. The number of hydrogen-bond acceptors (Lipinski definition) is 4. The highest BCUT2D eigenvalue weighted by atomic mass is 16.3. The quantitative estimate of drug-likeness (QED) is 0.615. The SMILES string of the molecule is Cc1nc(C)c(CCC(=O)NCCCCO)c(=O)[nH]1. The van der Waals surface area contributed by atoms with Gasteiger partial charge in [-0.05, 0) is 33.1 Å². The molecule has 0 unspecified atom stereocenters. The number of nitrogens with one attached hydrogen (secondary N) is 2. The van der Waals surface area contributed by atoms with Gasteiger partial charge in [0, 0.05) is 30.8 Å². The molecule has 0 bridgehead atoms. The van der Waals surface area contributed by atoms with Gasteiger partial charge in [-0.25, -0.2) is 4.98 Å². The zero-order valence-corrected chi connectivity index (χ0v) is 11.5. The summed E-state index contributed by atoms with van der Waals surface area (Å²) in [5.41, 5.74) is 1.07. The number of aliphatic hydroxyl groups is 1. The molecule has 0 aliphatic carbocycles. The van der Waals surface area contributed by atoms with Gasteiger partial charge < -0.3 is 15.4 Å². The zero-order valence-electron chi connectivity index (χ0n) is 11.5. The molecule has 0 aliphatic rings. The maximum atomic E-state index is 11.7. The molecule has 0 saturated heterocycles. The van der Waals surface area contributed by atoms with Crippen molar-refractivity contribution in [2.45, 2.75) is 39.5 Å². The molecule has 0 aliphatic heterocycles. The van der Waals surface area contributed by atoms with Gasteiger partial charge in [-0.1, -0.05) is 0 Å². The molecule has 0 radical (unpaired) electrons. The van der Waals surface area contributed by atoms with Crippen molar-refractivity contribution in [3.05, 3.63) is 27.4 Å². The average molecular weight is 267 g/mol. The maximum absolute atomic E-state index is 11.7. The second-order valence-corrected chi connectivity index (χ2v) is 4.50. The van der Waals surface area contributed by atoms with Crippen LogP contribution in [0.4, 0.5) is 0 Å². The third kappa shape index (κ3) is 5.21. The Balaban J connectivity index is 2.44. The molecule has 1 aromatic heterocycles. The summed E-state index contributed by atoms with van der Waals surface area (Å²) in [6.45, 7) is 4.20. The Hall–Kier alpha value is -1.69. The molecule has 1 aromatic rings. The van der Waals surface area contributed by atoms with Crippen molar-refractivity contribution in [1.82, 2.24) is 15.3 Å². The molecule has 19 heavy (non-hydrogen) atoms. The van der Waals surface area contributed by atoms with E-state index in [1.54, 1.807) is 13.8 Å². The number of aryl methyl sites for hydroxylation is 2. The Morgan fingerprint density at radius 3 is 2.74 bits per heavy atom. The minimum Gasteiger partial charge on any atom is -0.396 e. The fraction of sp³-hybridized carbons (Fsp3) is 0.615. The topological polar surface area (TPSA) is 95.1 Å². The summed E-state index contributed by atoms with van der Waals surface area (Å²) >= 11 is 0. The monoisotopic (exact) mass is 267 g/mol. The van der Waals surface area contributed by atoms with Crippen molar-refractivity contribution in [3.8, 4) is 0 Å². The predicted octanol–water partition coefficient (Wildman–Crippen LogP) is 0.208. The van der Waals surface area contributed by atoms with Gasteiger partial charge in [0.1, 0.15) is 5.82 Å². The van der Waals surface area contributed by atoms with E-state index in [0.717, 1.165) is 6.42 Å². The van der Waals surface area contributed by atoms with Crippen molar-refractivity contribution in [3.63, 3.8) is 0 Å². The number of aromatic nitrogens is 2. The fourth-order valence-corrected chi connectivity index (χ4v) is 1.84. The lowest BCUT2D eigenvalue weighted by Crippen LogP contribution is -2.26. The second-order valence-electron chi connectivity index (χ2n) is 4.50. The highest BCUT2D eigenvalue weighted by Gasteiger charge is 2.09. The van der Waals surface area contributed by atoms with Crippen molar-refractivity contribution in [2.75, 3.05) is 13.2 Å². The van der Waals surface area contributed by atoms with Crippen LogP contribution in [0.5, 0.6) is 0 Å². The number of carbonyl (C=O) groups is 1. The minimum absolute atomic E-state index is 0.0858. The molecule has 0 aromatic carbocycles. The normalized spacial score (nSPS) is 10.5. The molecule has 0 spiro atoms. The predicted molar refractivity (Wildman–Crippen MR) is 72.0 cm³/mol. The lowest BCUT2D eigenvalue weighted by atomic mass is 10.1. The Bertz CT molecular complexity index is 483. The van der Waals surface area contributed by atoms with Crippen molar-refractivity contribution in [1.29, 1.82) is 0 Å². The third-order valence-corrected chi connectivity index (χ3v) is 2.85. The molecule has 1 heterocycles. The van der Waals surface area contributed by atoms with Crippen LogP contribution >= 0.6 is 0 Å². The second kappa shape index (κ2) is 7.68. The van der Waals surface area contributed by atoms with E-state index in [4.69, 9.17) is 5.11 Å². The molecule has 1 amide bonds. The molecule has 0 fully saturated rings. The highest BCUT2D eigenvalue weighted by Crippen LogP contribution is 2.02. The Morgan fingerprint density at radius 1 is 1.37 bits per heavy atom. The smallest absolute Gasteiger partial charge is 0.254 e. The molecule has 0 saturated carbocycles. The lowest BCUT2D eigenvalue weighted by Gasteiger charge is -2.06. The highest BCUT2D eigenvalue weighted by molar-refractivity contribution is 5.76. The van der Waals surface area contributed by atoms with E-state index in [0.29, 0.717) is 36.5 Å². The molecule has 0 atom stereocenters. The van der Waals surface area contributed by atoms with Gasteiger partial charge >= 0.3 is 0 Å². The van der Waals surface area contributed by atoms with E-state index in [2.05, 4.69) is 15.3 Å². The van der Waals surface area contributed by atoms with Crippen molar-refractivity contribution >= 4 is 5.91 Å². The first-order chi connectivity index (χ1) is 9.04. The van der Waals surface area contributed by atoms with Gasteiger partial charge in [-0.15, -0.1) is 0 Å². The van der Waals surface area contributed by atoms with Crippen LogP contribution in [0.2, 0.25) is 0 Å². The van der Waals surface area contributed by atoms with Crippen LogP contribution in [-0.2, 0) is 11.2 Å². The fourth-order valence-electron chi connectivity index (χ4n) is 1.84. The summed E-state index contributed by atoms with van der Waals surface area (Å²) in [6, 6.07) is 0. The minimum atomic E-state index is -0.168. The van der Waals surface area contributed by atoms with Gasteiger partial charge in [0.15, 0.2) is 0 Å². The maximum Gasteiger partial charge on any atom is 0.254 e. The standard InChI is InChI=1S/C13H21N3O3/c1-9-11(13(19)16-10(2)15-9)5-6-12(18)14-7-3-4-8-17/h17H,3-8H2,1-2H3,(H,14,18)(H,15,16,19). The molecular weight excluding hydrogens is 246 g/mol. The van der Waals surface area contributed by atoms with Crippen molar-refractivity contribution < 1.29 is 9.90 Å². The molecule has 3 N–H and O–H groups in total. The van der Waals surface area contributed by atoms with Crippen LogP contribution in [0.15, 0.2) is 4.79 Å². The van der Waals surface area contributed by atoms with Gasteiger partial charge in [0.25, 0.3) is 5.56 Å². The zero-order chi connectivity index (χ0) is 14.3. The van der Waals surface area contributed by atoms with Gasteiger partial charge in [-0.2, -0.15) is 0 Å². The number of carbonyl (C=O) groups excluding carboxylic acids is 1. The van der Waals surface area contributed by atoms with Gasteiger partial charge in [-0.3, -0.25) is 9.59 Å². The molecule has 6 heteroatoms. The number of H-pyrrole nitrogens is 1. The number of aliphatic hydroxyl groups excluding tert-OH is 1. The van der Waals surface area contributed by atoms with Crippen LogP contribution in [-0.4, -0.2) is 34.1 Å². The first-order valence-corrected chi connectivity index (χ1v) is 6.48. The summed E-state index contributed by atoms with van der Waals surface area (Å²) in [6.07, 6.45) is 2.10. The van der Waals surface area contributed by atoms with Crippen LogP contribution in [0.25, 0.3) is 0 Å². The third-order valence-electron chi connectivity index (χ3n) is 2.85. The largest absolute Gasteiger partial charge is 0.396 e. The van der Waals surface area contributed by atoms with Crippen LogP contribution in [0, 0.1) is 13.8 Å². The number of aromatic amines is 1. The Kier molecular flexibility index (Phi) is 6.21. The van der Waals surface area contributed by atoms with Gasteiger partial charge in [0.2, 0.25) is 5.91 Å². The Morgan fingerprint density at radius 2 is 2.11 bits per heavy atom. The summed E-state index contributed by atoms with van der Waals surface area (Å²) in [5.74, 6) is 0.497. The first-order valence-electron chi connectivity index (χ1n) is 6.48. The number of unbranched alkanes of at least 4 members (excludes halogenated alkanes) is 1. The number of nitrogens with zero attached hydrogens (tertiary/aromatic N) is 1. The van der Waals surface area contributed by atoms with E-state index in [-0.39, 0.29) is 24.5 Å². The number of rotatable bonds is 7. The summed E-state index contributed by atoms with van der Waals surface area (Å²) in [7, 11) is 0. The van der Waals surface area contributed by atoms with E-state index in [1.165, 1.54) is 0 Å². The molecule has 1 rings (SSSR count). The van der Waals surface area contributed by atoms with Crippen LogP contribution < -0.4 is 10.9 Å². The van der Waals surface area contributed by atoms with Gasteiger partial charge in [0.05, 0.1) is 0 Å². The molecule has 106 valence electrons. The van der Waals surface area contributed by atoms with E-state index in [9.17, 15) is 9.59 Å². The summed E-state index contributed by atoms with van der Waals surface area (Å²) < 4.78 is 0.